The molecule has 1 heterocycles. The smallest absolute Gasteiger partial charge is 0.258 e. The maximum Gasteiger partial charge on any atom is 0.258 e. The van der Waals surface area contributed by atoms with Gasteiger partial charge >= 0.3 is 0 Å². The average molecular weight is 352 g/mol. The second-order valence-electron chi connectivity index (χ2n) is 5.56. The summed E-state index contributed by atoms with van der Waals surface area (Å²) < 4.78 is 0. The Hall–Kier alpha value is -1.91. The van der Waals surface area contributed by atoms with E-state index in [0.29, 0.717) is 16.6 Å². The molecule has 1 unspecified atom stereocenters. The molecule has 0 aliphatic carbocycles. The standard InChI is InChI=1S/C17H15Cl2NO3/c18-11-6-10(7-12(19)8-11)15-2-1-5-20(15)17(23)14-4-3-13(21)9-16(14)22/h3-4,6-9,15,21-22H,1-2,5H2. The van der Waals surface area contributed by atoms with Crippen molar-refractivity contribution in [2.45, 2.75) is 18.9 Å². The van der Waals surface area contributed by atoms with Gasteiger partial charge in [0.25, 0.3) is 5.91 Å². The molecular formula is C17H15Cl2NO3. The minimum atomic E-state index is -0.277. The van der Waals surface area contributed by atoms with Gasteiger partial charge in [0.1, 0.15) is 11.5 Å². The second kappa shape index (κ2) is 6.30. The van der Waals surface area contributed by atoms with Crippen molar-refractivity contribution in [1.82, 2.24) is 4.90 Å². The third kappa shape index (κ3) is 3.23. The van der Waals surface area contributed by atoms with Crippen molar-refractivity contribution < 1.29 is 15.0 Å². The molecule has 1 aliphatic heterocycles. The Kier molecular flexibility index (Phi) is 4.37. The molecule has 0 aromatic heterocycles. The van der Waals surface area contributed by atoms with E-state index in [-0.39, 0.29) is 29.0 Å². The van der Waals surface area contributed by atoms with Crippen molar-refractivity contribution in [3.05, 3.63) is 57.6 Å². The van der Waals surface area contributed by atoms with Crippen LogP contribution in [0.3, 0.4) is 0 Å². The summed E-state index contributed by atoms with van der Waals surface area (Å²) in [7, 11) is 0. The third-order valence-corrected chi connectivity index (χ3v) is 4.43. The molecule has 2 N–H and O–H groups in total. The molecule has 3 rings (SSSR count). The van der Waals surface area contributed by atoms with E-state index in [2.05, 4.69) is 0 Å². The van der Waals surface area contributed by atoms with Crippen LogP contribution in [-0.2, 0) is 0 Å². The summed E-state index contributed by atoms with van der Waals surface area (Å²) in [6.45, 7) is 0.591. The highest BCUT2D eigenvalue weighted by Gasteiger charge is 2.32. The number of phenols is 2. The lowest BCUT2D eigenvalue weighted by atomic mass is 10.0. The largest absolute Gasteiger partial charge is 0.508 e. The molecular weight excluding hydrogens is 337 g/mol. The zero-order chi connectivity index (χ0) is 16.6. The lowest BCUT2D eigenvalue weighted by molar-refractivity contribution is 0.0732. The Morgan fingerprint density at radius 2 is 1.78 bits per heavy atom. The van der Waals surface area contributed by atoms with Gasteiger partial charge in [-0.25, -0.2) is 0 Å². The zero-order valence-corrected chi connectivity index (χ0v) is 13.7. The lowest BCUT2D eigenvalue weighted by Gasteiger charge is -2.26. The van der Waals surface area contributed by atoms with Gasteiger partial charge in [0.05, 0.1) is 11.6 Å². The molecule has 0 saturated carbocycles. The van der Waals surface area contributed by atoms with E-state index in [1.54, 1.807) is 23.1 Å². The number of benzene rings is 2. The zero-order valence-electron chi connectivity index (χ0n) is 12.2. The molecule has 2 aromatic carbocycles. The highest BCUT2D eigenvalue weighted by Crippen LogP contribution is 2.37. The van der Waals surface area contributed by atoms with Crippen molar-refractivity contribution >= 4 is 29.1 Å². The number of nitrogens with zero attached hydrogens (tertiary/aromatic N) is 1. The summed E-state index contributed by atoms with van der Waals surface area (Å²) >= 11 is 12.1. The van der Waals surface area contributed by atoms with Crippen LogP contribution < -0.4 is 0 Å². The summed E-state index contributed by atoms with van der Waals surface area (Å²) in [5, 5.41) is 20.3. The van der Waals surface area contributed by atoms with Gasteiger partial charge in [-0.15, -0.1) is 0 Å². The van der Waals surface area contributed by atoms with Crippen LogP contribution in [0.5, 0.6) is 11.5 Å². The molecule has 2 aromatic rings. The molecule has 0 bridgehead atoms. The fourth-order valence-corrected chi connectivity index (χ4v) is 3.52. The highest BCUT2D eigenvalue weighted by molar-refractivity contribution is 6.34. The monoisotopic (exact) mass is 351 g/mol. The normalized spacial score (nSPS) is 17.5. The third-order valence-electron chi connectivity index (χ3n) is 4.00. The highest BCUT2D eigenvalue weighted by atomic mass is 35.5. The number of phenolic OH excluding ortho intramolecular Hbond substituents is 2. The fourth-order valence-electron chi connectivity index (χ4n) is 2.98. The van der Waals surface area contributed by atoms with Crippen LogP contribution in [0, 0.1) is 0 Å². The van der Waals surface area contributed by atoms with E-state index in [4.69, 9.17) is 23.2 Å². The summed E-state index contributed by atoms with van der Waals surface area (Å²) in [5.74, 6) is -0.593. The number of halogens is 2. The maximum atomic E-state index is 12.8. The first kappa shape index (κ1) is 16.0. The first-order valence-electron chi connectivity index (χ1n) is 7.24. The Labute approximate surface area is 143 Å². The number of rotatable bonds is 2. The fraction of sp³-hybridized carbons (Fsp3) is 0.235. The first-order chi connectivity index (χ1) is 11.0. The van der Waals surface area contributed by atoms with Crippen LogP contribution in [-0.4, -0.2) is 27.6 Å². The first-order valence-corrected chi connectivity index (χ1v) is 8.00. The lowest BCUT2D eigenvalue weighted by Crippen LogP contribution is -2.30. The molecule has 120 valence electrons. The summed E-state index contributed by atoms with van der Waals surface area (Å²) in [5.41, 5.74) is 1.05. The van der Waals surface area contributed by atoms with Crippen LogP contribution in [0.25, 0.3) is 0 Å². The van der Waals surface area contributed by atoms with Crippen molar-refractivity contribution in [2.75, 3.05) is 6.54 Å². The number of hydrogen-bond acceptors (Lipinski definition) is 3. The summed E-state index contributed by atoms with van der Waals surface area (Å²) in [6.07, 6.45) is 1.67. The number of likely N-dealkylation sites (tertiary alicyclic amines) is 1. The molecule has 0 spiro atoms. The predicted octanol–water partition coefficient (Wildman–Crippen LogP) is 4.38. The van der Waals surface area contributed by atoms with Crippen molar-refractivity contribution in [1.29, 1.82) is 0 Å². The number of hydrogen-bond donors (Lipinski definition) is 2. The minimum absolute atomic E-state index is 0.0846. The number of amides is 1. The molecule has 4 nitrogen and oxygen atoms in total. The van der Waals surface area contributed by atoms with Gasteiger partial charge in [-0.3, -0.25) is 4.79 Å². The Morgan fingerprint density at radius 3 is 2.43 bits per heavy atom. The minimum Gasteiger partial charge on any atom is -0.508 e. The van der Waals surface area contributed by atoms with Gasteiger partial charge in [-0.2, -0.15) is 0 Å². The van der Waals surface area contributed by atoms with Crippen molar-refractivity contribution in [3.63, 3.8) is 0 Å². The van der Waals surface area contributed by atoms with Gasteiger partial charge in [-0.1, -0.05) is 23.2 Å². The molecule has 6 heteroatoms. The number of carbonyl (C=O) groups is 1. The predicted molar refractivity (Wildman–Crippen MR) is 89.2 cm³/mol. The molecule has 1 saturated heterocycles. The van der Waals surface area contributed by atoms with E-state index in [1.807, 2.05) is 0 Å². The van der Waals surface area contributed by atoms with Gasteiger partial charge in [-0.05, 0) is 48.7 Å². The van der Waals surface area contributed by atoms with Crippen LogP contribution in [0.15, 0.2) is 36.4 Å². The van der Waals surface area contributed by atoms with Crippen LogP contribution in [0.1, 0.15) is 34.8 Å². The van der Waals surface area contributed by atoms with Gasteiger partial charge in [0.2, 0.25) is 0 Å². The van der Waals surface area contributed by atoms with E-state index < -0.39 is 0 Å². The Balaban J connectivity index is 1.93. The average Bonchev–Trinajstić information content (AvgIpc) is 2.95. The van der Waals surface area contributed by atoms with E-state index in [1.165, 1.54) is 12.1 Å². The van der Waals surface area contributed by atoms with Crippen molar-refractivity contribution in [2.24, 2.45) is 0 Å². The van der Waals surface area contributed by atoms with E-state index in [9.17, 15) is 15.0 Å². The maximum absolute atomic E-state index is 12.8. The van der Waals surface area contributed by atoms with Crippen molar-refractivity contribution in [3.8, 4) is 11.5 Å². The molecule has 1 amide bonds. The number of aromatic hydroxyl groups is 2. The molecule has 1 fully saturated rings. The second-order valence-corrected chi connectivity index (χ2v) is 6.43. The van der Waals surface area contributed by atoms with Gasteiger partial charge in [0, 0.05) is 22.7 Å². The molecule has 23 heavy (non-hydrogen) atoms. The van der Waals surface area contributed by atoms with E-state index >= 15 is 0 Å². The Bertz CT molecular complexity index is 743. The van der Waals surface area contributed by atoms with Crippen LogP contribution >= 0.6 is 23.2 Å². The molecule has 1 atom stereocenters. The van der Waals surface area contributed by atoms with Crippen LogP contribution in [0.4, 0.5) is 0 Å². The van der Waals surface area contributed by atoms with Gasteiger partial charge in [0.15, 0.2) is 0 Å². The molecule has 1 aliphatic rings. The topological polar surface area (TPSA) is 60.8 Å². The summed E-state index contributed by atoms with van der Waals surface area (Å²) in [4.78, 5) is 14.5. The van der Waals surface area contributed by atoms with E-state index in [0.717, 1.165) is 24.5 Å². The quantitative estimate of drug-likeness (QED) is 0.843. The SMILES string of the molecule is O=C(c1ccc(O)cc1O)N1CCCC1c1cc(Cl)cc(Cl)c1. The number of carbonyl (C=O) groups excluding carboxylic acids is 1. The van der Waals surface area contributed by atoms with Gasteiger partial charge < -0.3 is 15.1 Å². The Morgan fingerprint density at radius 1 is 1.09 bits per heavy atom. The summed E-state index contributed by atoms with van der Waals surface area (Å²) in [6, 6.07) is 9.10. The van der Waals surface area contributed by atoms with Crippen LogP contribution in [0.2, 0.25) is 10.0 Å². The molecule has 0 radical (unpaired) electrons.